The lowest BCUT2D eigenvalue weighted by molar-refractivity contribution is 0.102. The molecule has 0 spiro atoms. The second kappa shape index (κ2) is 5.39. The molecule has 6 heteroatoms. The van der Waals surface area contributed by atoms with Crippen LogP contribution in [0.5, 0.6) is 5.75 Å². The van der Waals surface area contributed by atoms with E-state index in [9.17, 15) is 19.5 Å². The van der Waals surface area contributed by atoms with Crippen molar-refractivity contribution >= 4 is 11.9 Å². The van der Waals surface area contributed by atoms with E-state index in [-0.39, 0.29) is 11.5 Å². The first kappa shape index (κ1) is 15.0. The third kappa shape index (κ3) is 2.52. The van der Waals surface area contributed by atoms with Crippen molar-refractivity contribution in [2.75, 3.05) is 0 Å². The van der Waals surface area contributed by atoms with Gasteiger partial charge in [0.05, 0.1) is 5.56 Å². The van der Waals surface area contributed by atoms with Gasteiger partial charge in [0.2, 0.25) is 0 Å². The molecule has 0 fully saturated rings. The lowest BCUT2D eigenvalue weighted by atomic mass is 9.86. The molecule has 0 aliphatic heterocycles. The van der Waals surface area contributed by atoms with Crippen LogP contribution >= 0.6 is 0 Å². The SMILES string of the molecule is Cn1cc(/C=C2/CCc3cc(O)ccc3C2=O)c(=O)n(C)c1=O. The minimum atomic E-state index is -0.426. The molecule has 0 saturated heterocycles. The Balaban J connectivity index is 2.09. The Bertz CT molecular complexity index is 964. The van der Waals surface area contributed by atoms with Crippen LogP contribution in [0.15, 0.2) is 39.6 Å². The summed E-state index contributed by atoms with van der Waals surface area (Å²) in [4.78, 5) is 36.4. The van der Waals surface area contributed by atoms with Crippen LogP contribution in [0.4, 0.5) is 0 Å². The van der Waals surface area contributed by atoms with E-state index in [0.717, 1.165) is 10.1 Å². The minimum Gasteiger partial charge on any atom is -0.508 e. The monoisotopic (exact) mass is 312 g/mol. The van der Waals surface area contributed by atoms with E-state index >= 15 is 0 Å². The number of benzene rings is 1. The third-order valence-electron chi connectivity index (χ3n) is 4.09. The van der Waals surface area contributed by atoms with Gasteiger partial charge in [0, 0.05) is 31.4 Å². The number of phenolic OH excluding ortho intramolecular Hbond substituents is 1. The summed E-state index contributed by atoms with van der Waals surface area (Å²) in [6.07, 6.45) is 4.10. The summed E-state index contributed by atoms with van der Waals surface area (Å²) >= 11 is 0. The minimum absolute atomic E-state index is 0.135. The average molecular weight is 312 g/mol. The second-order valence-electron chi connectivity index (χ2n) is 5.68. The summed E-state index contributed by atoms with van der Waals surface area (Å²) in [6, 6.07) is 4.67. The van der Waals surface area contributed by atoms with Gasteiger partial charge in [-0.15, -0.1) is 0 Å². The van der Waals surface area contributed by atoms with Crippen molar-refractivity contribution in [3.8, 4) is 5.75 Å². The van der Waals surface area contributed by atoms with Gasteiger partial charge in [0.15, 0.2) is 5.78 Å². The first-order valence-electron chi connectivity index (χ1n) is 7.22. The van der Waals surface area contributed by atoms with Gasteiger partial charge in [-0.05, 0) is 42.7 Å². The maximum Gasteiger partial charge on any atom is 0.330 e. The molecule has 0 bridgehead atoms. The van der Waals surface area contributed by atoms with E-state index < -0.39 is 11.2 Å². The molecule has 2 aromatic rings. The summed E-state index contributed by atoms with van der Waals surface area (Å²) in [7, 11) is 2.97. The summed E-state index contributed by atoms with van der Waals surface area (Å²) in [5.41, 5.74) is 1.35. The van der Waals surface area contributed by atoms with Crippen molar-refractivity contribution in [3.63, 3.8) is 0 Å². The van der Waals surface area contributed by atoms with Gasteiger partial charge in [0.25, 0.3) is 5.56 Å². The number of rotatable bonds is 1. The topological polar surface area (TPSA) is 81.3 Å². The lowest BCUT2D eigenvalue weighted by Gasteiger charge is -2.17. The molecule has 0 amide bonds. The van der Waals surface area contributed by atoms with Crippen molar-refractivity contribution in [3.05, 3.63) is 67.5 Å². The molecule has 6 nitrogen and oxygen atoms in total. The zero-order valence-corrected chi connectivity index (χ0v) is 12.9. The fourth-order valence-electron chi connectivity index (χ4n) is 2.82. The fraction of sp³-hybridized carbons (Fsp3) is 0.235. The highest BCUT2D eigenvalue weighted by atomic mass is 16.3. The van der Waals surface area contributed by atoms with Gasteiger partial charge in [-0.1, -0.05) is 0 Å². The summed E-state index contributed by atoms with van der Waals surface area (Å²) in [6.45, 7) is 0. The van der Waals surface area contributed by atoms with Crippen LogP contribution in [0.2, 0.25) is 0 Å². The Labute approximate surface area is 131 Å². The van der Waals surface area contributed by atoms with E-state index in [1.54, 1.807) is 25.3 Å². The number of hydrogen-bond donors (Lipinski definition) is 1. The summed E-state index contributed by atoms with van der Waals surface area (Å²) < 4.78 is 2.33. The molecule has 0 unspecified atom stereocenters. The summed E-state index contributed by atoms with van der Waals surface area (Å²) in [5.74, 6) is -0.0157. The third-order valence-corrected chi connectivity index (χ3v) is 4.09. The molecule has 1 aliphatic carbocycles. The molecular weight excluding hydrogens is 296 g/mol. The van der Waals surface area contributed by atoms with E-state index in [1.165, 1.54) is 23.9 Å². The molecule has 23 heavy (non-hydrogen) atoms. The second-order valence-corrected chi connectivity index (χ2v) is 5.68. The smallest absolute Gasteiger partial charge is 0.330 e. The van der Waals surface area contributed by atoms with Gasteiger partial charge in [-0.3, -0.25) is 14.2 Å². The predicted octanol–water partition coefficient (Wildman–Crippen LogP) is 1.00. The van der Waals surface area contributed by atoms with Crippen LogP contribution in [-0.4, -0.2) is 20.0 Å². The number of hydrogen-bond acceptors (Lipinski definition) is 4. The molecule has 1 heterocycles. The number of ketones is 1. The van der Waals surface area contributed by atoms with Crippen LogP contribution < -0.4 is 11.2 Å². The fourth-order valence-corrected chi connectivity index (χ4v) is 2.82. The van der Waals surface area contributed by atoms with Crippen molar-refractivity contribution in [1.82, 2.24) is 9.13 Å². The standard InChI is InChI=1S/C17H16N2O4/c1-18-9-12(16(22)19(2)17(18)23)7-11-4-3-10-8-13(20)5-6-14(10)15(11)21/h5-9,20H,3-4H2,1-2H3/b11-7-. The summed E-state index contributed by atoms with van der Waals surface area (Å²) in [5, 5.41) is 9.50. The highest BCUT2D eigenvalue weighted by Crippen LogP contribution is 2.28. The Kier molecular flexibility index (Phi) is 3.52. The maximum absolute atomic E-state index is 12.6. The van der Waals surface area contributed by atoms with Crippen molar-refractivity contribution in [1.29, 1.82) is 0 Å². The molecule has 0 atom stereocenters. The maximum atomic E-state index is 12.6. The zero-order chi connectivity index (χ0) is 16.7. The average Bonchev–Trinajstić information content (AvgIpc) is 2.53. The number of nitrogens with zero attached hydrogens (tertiary/aromatic N) is 2. The first-order valence-corrected chi connectivity index (χ1v) is 7.22. The first-order chi connectivity index (χ1) is 10.9. The van der Waals surface area contributed by atoms with Crippen molar-refractivity contribution in [2.24, 2.45) is 14.1 Å². The van der Waals surface area contributed by atoms with Crippen LogP contribution in [-0.2, 0) is 20.5 Å². The number of allylic oxidation sites excluding steroid dienone is 1. The number of carbonyl (C=O) groups excluding carboxylic acids is 1. The van der Waals surface area contributed by atoms with E-state index in [4.69, 9.17) is 0 Å². The normalized spacial score (nSPS) is 15.7. The van der Waals surface area contributed by atoms with Gasteiger partial charge >= 0.3 is 5.69 Å². The highest BCUT2D eigenvalue weighted by molar-refractivity contribution is 6.13. The number of phenols is 1. The van der Waals surface area contributed by atoms with Gasteiger partial charge in [-0.25, -0.2) is 4.79 Å². The largest absolute Gasteiger partial charge is 0.508 e. The van der Waals surface area contributed by atoms with Crippen LogP contribution in [0, 0.1) is 0 Å². The number of aromatic hydroxyl groups is 1. The number of aromatic nitrogens is 2. The Hall–Kier alpha value is -2.89. The molecule has 3 rings (SSSR count). The molecule has 1 aliphatic rings. The van der Waals surface area contributed by atoms with Crippen LogP contribution in [0.3, 0.4) is 0 Å². The Morgan fingerprint density at radius 1 is 1.13 bits per heavy atom. The molecule has 0 saturated carbocycles. The number of carbonyl (C=O) groups is 1. The molecule has 1 aromatic heterocycles. The van der Waals surface area contributed by atoms with E-state index in [1.807, 2.05) is 0 Å². The van der Waals surface area contributed by atoms with Gasteiger partial charge in [0.1, 0.15) is 5.75 Å². The van der Waals surface area contributed by atoms with Crippen LogP contribution in [0.1, 0.15) is 27.9 Å². The molecule has 1 aromatic carbocycles. The zero-order valence-electron chi connectivity index (χ0n) is 12.9. The number of aryl methyl sites for hydroxylation is 2. The molecule has 1 N–H and O–H groups in total. The quantitative estimate of drug-likeness (QED) is 0.797. The van der Waals surface area contributed by atoms with E-state index in [2.05, 4.69) is 0 Å². The Morgan fingerprint density at radius 2 is 1.87 bits per heavy atom. The number of fused-ring (bicyclic) bond motifs is 1. The Morgan fingerprint density at radius 3 is 2.61 bits per heavy atom. The van der Waals surface area contributed by atoms with Gasteiger partial charge in [-0.2, -0.15) is 0 Å². The van der Waals surface area contributed by atoms with Gasteiger partial charge < -0.3 is 9.67 Å². The van der Waals surface area contributed by atoms with Crippen LogP contribution in [0.25, 0.3) is 6.08 Å². The highest BCUT2D eigenvalue weighted by Gasteiger charge is 2.22. The number of Topliss-reactive ketones (excluding diaryl/α,β-unsaturated/α-hetero) is 1. The lowest BCUT2D eigenvalue weighted by Crippen LogP contribution is -2.37. The van der Waals surface area contributed by atoms with E-state index in [0.29, 0.717) is 29.5 Å². The molecule has 118 valence electrons. The predicted molar refractivity (Wildman–Crippen MR) is 85.7 cm³/mol. The molecular formula is C17H16N2O4. The van der Waals surface area contributed by atoms with Crippen molar-refractivity contribution < 1.29 is 9.90 Å². The van der Waals surface area contributed by atoms with Crippen molar-refractivity contribution in [2.45, 2.75) is 12.8 Å². The molecule has 0 radical (unpaired) electrons.